The third kappa shape index (κ3) is 3.61. The monoisotopic (exact) mass is 267 g/mol. The molecule has 1 aliphatic carbocycles. The van der Waals surface area contributed by atoms with Crippen molar-refractivity contribution in [3.05, 3.63) is 48.0 Å². The van der Waals surface area contributed by atoms with Gasteiger partial charge in [-0.2, -0.15) is 0 Å². The van der Waals surface area contributed by atoms with Gasteiger partial charge in [0.15, 0.2) is 0 Å². The highest BCUT2D eigenvalue weighted by Crippen LogP contribution is 2.28. The Bertz CT molecular complexity index is 540. The number of fused-ring (bicyclic) bond motifs is 1. The summed E-state index contributed by atoms with van der Waals surface area (Å²) in [6.07, 6.45) is 8.64. The number of benzene rings is 2. The standard InChI is InChI=1S/C19H25N/c1-2-7-16(6-1)8-5-13-20-15-17-11-12-18-9-3-4-10-19(18)14-17/h3-4,9-12,14,16,20H,1-2,5-8,13,15H2. The predicted octanol–water partition coefficient (Wildman–Crippen LogP) is 4.90. The highest BCUT2D eigenvalue weighted by Gasteiger charge is 2.13. The lowest BCUT2D eigenvalue weighted by Gasteiger charge is -2.09. The van der Waals surface area contributed by atoms with Crippen molar-refractivity contribution in [2.45, 2.75) is 45.1 Å². The predicted molar refractivity (Wildman–Crippen MR) is 86.8 cm³/mol. The van der Waals surface area contributed by atoms with Gasteiger partial charge in [-0.05, 0) is 47.7 Å². The zero-order valence-corrected chi connectivity index (χ0v) is 12.3. The summed E-state index contributed by atoms with van der Waals surface area (Å²) < 4.78 is 0. The Balaban J connectivity index is 1.42. The van der Waals surface area contributed by atoms with Crippen LogP contribution in [-0.4, -0.2) is 6.54 Å². The molecule has 0 aromatic heterocycles. The van der Waals surface area contributed by atoms with Crippen molar-refractivity contribution in [3.8, 4) is 0 Å². The second-order valence-corrected chi connectivity index (χ2v) is 6.15. The zero-order chi connectivity index (χ0) is 13.6. The summed E-state index contributed by atoms with van der Waals surface area (Å²) in [5.41, 5.74) is 1.39. The van der Waals surface area contributed by atoms with Crippen LogP contribution < -0.4 is 5.32 Å². The number of hydrogen-bond acceptors (Lipinski definition) is 1. The minimum atomic E-state index is 0.996. The van der Waals surface area contributed by atoms with Crippen LogP contribution >= 0.6 is 0 Å². The lowest BCUT2D eigenvalue weighted by atomic mass is 10.0. The van der Waals surface area contributed by atoms with Crippen molar-refractivity contribution in [3.63, 3.8) is 0 Å². The first-order valence-electron chi connectivity index (χ1n) is 8.10. The van der Waals surface area contributed by atoms with E-state index >= 15 is 0 Å². The lowest BCUT2D eigenvalue weighted by molar-refractivity contribution is 0.470. The van der Waals surface area contributed by atoms with Crippen LogP contribution in [0.5, 0.6) is 0 Å². The molecular formula is C19H25N. The first-order chi connectivity index (χ1) is 9.92. The Morgan fingerprint density at radius 2 is 1.75 bits per heavy atom. The molecule has 0 amide bonds. The van der Waals surface area contributed by atoms with E-state index in [-0.39, 0.29) is 0 Å². The molecule has 1 saturated carbocycles. The van der Waals surface area contributed by atoms with Crippen molar-refractivity contribution < 1.29 is 0 Å². The highest BCUT2D eigenvalue weighted by molar-refractivity contribution is 5.82. The number of rotatable bonds is 6. The summed E-state index contributed by atoms with van der Waals surface area (Å²) in [5.74, 6) is 1.03. The molecule has 2 aromatic carbocycles. The van der Waals surface area contributed by atoms with Crippen LogP contribution in [0.3, 0.4) is 0 Å². The van der Waals surface area contributed by atoms with Crippen LogP contribution in [-0.2, 0) is 6.54 Å². The van der Waals surface area contributed by atoms with E-state index in [1.54, 1.807) is 0 Å². The molecule has 1 N–H and O–H groups in total. The van der Waals surface area contributed by atoms with Gasteiger partial charge in [0.05, 0.1) is 0 Å². The molecule has 3 rings (SSSR count). The smallest absolute Gasteiger partial charge is 0.0205 e. The molecule has 20 heavy (non-hydrogen) atoms. The highest BCUT2D eigenvalue weighted by atomic mass is 14.8. The summed E-state index contributed by atoms with van der Waals surface area (Å²) in [5, 5.41) is 6.27. The van der Waals surface area contributed by atoms with Crippen LogP contribution in [0.4, 0.5) is 0 Å². The maximum absolute atomic E-state index is 3.59. The molecule has 1 aliphatic rings. The van der Waals surface area contributed by atoms with Gasteiger partial charge in [-0.25, -0.2) is 0 Å². The quantitative estimate of drug-likeness (QED) is 0.734. The van der Waals surface area contributed by atoms with Gasteiger partial charge in [-0.3, -0.25) is 0 Å². The number of nitrogens with one attached hydrogen (secondary N) is 1. The molecule has 1 fully saturated rings. The van der Waals surface area contributed by atoms with Crippen molar-refractivity contribution in [1.82, 2.24) is 5.32 Å². The molecule has 0 aliphatic heterocycles. The third-order valence-corrected chi connectivity index (χ3v) is 4.58. The van der Waals surface area contributed by atoms with Gasteiger partial charge in [0.2, 0.25) is 0 Å². The summed E-state index contributed by atoms with van der Waals surface area (Å²) in [7, 11) is 0. The SMILES string of the molecule is c1ccc2cc(CNCCCC3CCCC3)ccc2c1. The minimum absolute atomic E-state index is 0.996. The maximum Gasteiger partial charge on any atom is 0.0205 e. The van der Waals surface area contributed by atoms with E-state index in [9.17, 15) is 0 Å². The van der Waals surface area contributed by atoms with Gasteiger partial charge in [0, 0.05) is 6.54 Å². The van der Waals surface area contributed by atoms with Crippen LogP contribution in [0.1, 0.15) is 44.1 Å². The second kappa shape index (κ2) is 6.90. The molecule has 1 heteroatoms. The molecule has 2 aromatic rings. The first kappa shape index (κ1) is 13.6. The minimum Gasteiger partial charge on any atom is -0.313 e. The largest absolute Gasteiger partial charge is 0.313 e. The first-order valence-corrected chi connectivity index (χ1v) is 8.10. The molecule has 0 unspecified atom stereocenters. The average Bonchev–Trinajstić information content (AvgIpc) is 3.00. The van der Waals surface area contributed by atoms with Gasteiger partial charge in [0.25, 0.3) is 0 Å². The van der Waals surface area contributed by atoms with Crippen LogP contribution in [0.15, 0.2) is 42.5 Å². The van der Waals surface area contributed by atoms with E-state index in [0.717, 1.165) is 19.0 Å². The molecule has 0 radical (unpaired) electrons. The van der Waals surface area contributed by atoms with Crippen LogP contribution in [0.2, 0.25) is 0 Å². The lowest BCUT2D eigenvalue weighted by Crippen LogP contribution is -2.15. The van der Waals surface area contributed by atoms with Crippen molar-refractivity contribution >= 4 is 10.8 Å². The van der Waals surface area contributed by atoms with E-state index in [1.807, 2.05) is 0 Å². The summed E-state index contributed by atoms with van der Waals surface area (Å²) in [6, 6.07) is 15.4. The second-order valence-electron chi connectivity index (χ2n) is 6.15. The molecule has 0 heterocycles. The Hall–Kier alpha value is -1.34. The Labute approximate surface area is 122 Å². The normalized spacial score (nSPS) is 16.0. The molecule has 0 spiro atoms. The van der Waals surface area contributed by atoms with Crippen molar-refractivity contribution in [1.29, 1.82) is 0 Å². The molecule has 0 saturated heterocycles. The van der Waals surface area contributed by atoms with Gasteiger partial charge >= 0.3 is 0 Å². The Morgan fingerprint density at radius 1 is 0.950 bits per heavy atom. The molecule has 0 bridgehead atoms. The van der Waals surface area contributed by atoms with E-state index < -0.39 is 0 Å². The van der Waals surface area contributed by atoms with E-state index in [0.29, 0.717) is 0 Å². The third-order valence-electron chi connectivity index (χ3n) is 4.58. The van der Waals surface area contributed by atoms with E-state index in [1.165, 1.54) is 54.9 Å². The Morgan fingerprint density at radius 3 is 2.60 bits per heavy atom. The molecule has 1 nitrogen and oxygen atoms in total. The van der Waals surface area contributed by atoms with Crippen molar-refractivity contribution in [2.75, 3.05) is 6.54 Å². The van der Waals surface area contributed by atoms with E-state index in [2.05, 4.69) is 47.8 Å². The number of hydrogen-bond donors (Lipinski definition) is 1. The topological polar surface area (TPSA) is 12.0 Å². The van der Waals surface area contributed by atoms with Crippen molar-refractivity contribution in [2.24, 2.45) is 5.92 Å². The fourth-order valence-corrected chi connectivity index (χ4v) is 3.40. The van der Waals surface area contributed by atoms with Crippen LogP contribution in [0.25, 0.3) is 10.8 Å². The molecule has 0 atom stereocenters. The van der Waals surface area contributed by atoms with Gasteiger partial charge < -0.3 is 5.32 Å². The molecule has 106 valence electrons. The average molecular weight is 267 g/mol. The summed E-state index contributed by atoms with van der Waals surface area (Å²) >= 11 is 0. The van der Waals surface area contributed by atoms with Gasteiger partial charge in [-0.15, -0.1) is 0 Å². The van der Waals surface area contributed by atoms with Crippen LogP contribution in [0, 0.1) is 5.92 Å². The van der Waals surface area contributed by atoms with Gasteiger partial charge in [-0.1, -0.05) is 62.1 Å². The Kier molecular flexibility index (Phi) is 4.70. The maximum atomic E-state index is 3.59. The fraction of sp³-hybridized carbons (Fsp3) is 0.474. The summed E-state index contributed by atoms with van der Waals surface area (Å²) in [6.45, 7) is 2.15. The fourth-order valence-electron chi connectivity index (χ4n) is 3.40. The summed E-state index contributed by atoms with van der Waals surface area (Å²) in [4.78, 5) is 0. The van der Waals surface area contributed by atoms with Gasteiger partial charge in [0.1, 0.15) is 0 Å². The molecular weight excluding hydrogens is 242 g/mol. The zero-order valence-electron chi connectivity index (χ0n) is 12.3. The van der Waals surface area contributed by atoms with E-state index in [4.69, 9.17) is 0 Å².